The van der Waals surface area contributed by atoms with E-state index in [4.69, 9.17) is 15.0 Å². The van der Waals surface area contributed by atoms with Gasteiger partial charge in [-0.25, -0.2) is 15.0 Å². The van der Waals surface area contributed by atoms with Gasteiger partial charge < -0.3 is 0 Å². The van der Waals surface area contributed by atoms with Crippen molar-refractivity contribution in [3.8, 4) is 79.7 Å². The number of rotatable bonds is 6. The van der Waals surface area contributed by atoms with Crippen LogP contribution in [0.25, 0.3) is 78.3 Å². The van der Waals surface area contributed by atoms with E-state index < -0.39 is 0 Å². The van der Waals surface area contributed by atoms with Crippen molar-refractivity contribution in [1.82, 2.24) is 15.0 Å². The molecule has 232 valence electrons. The molecule has 0 atom stereocenters. The molecular weight excluding hydrogens is 611 g/mol. The molecule has 8 rings (SSSR count). The van der Waals surface area contributed by atoms with Crippen molar-refractivity contribution in [3.05, 3.63) is 175 Å². The number of hydrogen-bond donors (Lipinski definition) is 0. The van der Waals surface area contributed by atoms with Gasteiger partial charge in [-0.1, -0.05) is 121 Å². The van der Waals surface area contributed by atoms with Crippen LogP contribution in [0.5, 0.6) is 0 Å². The van der Waals surface area contributed by atoms with E-state index >= 15 is 0 Å². The summed E-state index contributed by atoms with van der Waals surface area (Å²) in [5, 5.41) is 21.4. The van der Waals surface area contributed by atoms with E-state index in [0.717, 1.165) is 60.8 Å². The Kier molecular flexibility index (Phi) is 7.91. The van der Waals surface area contributed by atoms with Crippen molar-refractivity contribution < 1.29 is 0 Å². The van der Waals surface area contributed by atoms with Crippen LogP contribution in [0.2, 0.25) is 0 Å². The number of nitrogens with zero attached hydrogens (tertiary/aromatic N) is 5. The highest BCUT2D eigenvalue weighted by Crippen LogP contribution is 2.33. The Morgan fingerprint density at radius 2 is 0.700 bits per heavy atom. The zero-order valence-corrected chi connectivity index (χ0v) is 26.8. The van der Waals surface area contributed by atoms with Gasteiger partial charge >= 0.3 is 0 Å². The number of aromatic nitrogens is 3. The fraction of sp³-hybridized carbons (Fsp3) is 0. The predicted octanol–water partition coefficient (Wildman–Crippen LogP) is 10.8. The number of nitriles is 2. The fourth-order valence-corrected chi connectivity index (χ4v) is 6.15. The molecule has 0 spiro atoms. The zero-order chi connectivity index (χ0) is 33.9. The number of hydrogen-bond acceptors (Lipinski definition) is 5. The average Bonchev–Trinajstić information content (AvgIpc) is 3.20. The van der Waals surface area contributed by atoms with Crippen molar-refractivity contribution in [3.63, 3.8) is 0 Å². The van der Waals surface area contributed by atoms with Crippen LogP contribution in [0.4, 0.5) is 0 Å². The summed E-state index contributed by atoms with van der Waals surface area (Å²) in [4.78, 5) is 14.5. The van der Waals surface area contributed by atoms with E-state index in [2.05, 4.69) is 78.9 Å². The molecule has 0 saturated heterocycles. The van der Waals surface area contributed by atoms with Crippen LogP contribution in [0, 0.1) is 22.7 Å². The molecule has 0 bridgehead atoms. The molecule has 5 heteroatoms. The largest absolute Gasteiger partial charge is 0.208 e. The van der Waals surface area contributed by atoms with E-state index in [1.807, 2.05) is 91.0 Å². The van der Waals surface area contributed by atoms with Gasteiger partial charge in [0.15, 0.2) is 17.5 Å². The van der Waals surface area contributed by atoms with Crippen molar-refractivity contribution in [2.75, 3.05) is 0 Å². The molecule has 0 aliphatic heterocycles. The van der Waals surface area contributed by atoms with Gasteiger partial charge in [0.05, 0.1) is 23.3 Å². The summed E-state index contributed by atoms with van der Waals surface area (Å²) >= 11 is 0. The maximum absolute atomic E-state index is 9.78. The molecule has 1 heterocycles. The Balaban J connectivity index is 1.10. The molecule has 0 saturated carbocycles. The lowest BCUT2D eigenvalue weighted by Gasteiger charge is -2.11. The summed E-state index contributed by atoms with van der Waals surface area (Å²) in [6.07, 6.45) is 0. The van der Waals surface area contributed by atoms with Crippen molar-refractivity contribution in [1.29, 1.82) is 10.5 Å². The van der Waals surface area contributed by atoms with Crippen molar-refractivity contribution in [2.45, 2.75) is 0 Å². The van der Waals surface area contributed by atoms with E-state index in [1.54, 1.807) is 6.07 Å². The third kappa shape index (κ3) is 6.11. The molecule has 0 amide bonds. The number of fused-ring (bicyclic) bond motifs is 1. The van der Waals surface area contributed by atoms with Crippen molar-refractivity contribution >= 4 is 10.8 Å². The van der Waals surface area contributed by atoms with Gasteiger partial charge in [-0.15, -0.1) is 0 Å². The van der Waals surface area contributed by atoms with Gasteiger partial charge in [0, 0.05) is 16.7 Å². The zero-order valence-electron chi connectivity index (χ0n) is 26.8. The molecule has 0 aliphatic carbocycles. The first-order valence-electron chi connectivity index (χ1n) is 16.2. The molecular formula is C45H27N5. The molecule has 0 fully saturated rings. The lowest BCUT2D eigenvalue weighted by atomic mass is 9.94. The molecule has 0 aliphatic rings. The van der Waals surface area contributed by atoms with Crippen LogP contribution < -0.4 is 0 Å². The Morgan fingerprint density at radius 1 is 0.300 bits per heavy atom. The summed E-state index contributed by atoms with van der Waals surface area (Å²) in [5.74, 6) is 1.89. The van der Waals surface area contributed by atoms with E-state index in [0.29, 0.717) is 28.6 Å². The quantitative estimate of drug-likeness (QED) is 0.181. The molecule has 50 heavy (non-hydrogen) atoms. The van der Waals surface area contributed by atoms with Crippen LogP contribution in [0.1, 0.15) is 11.1 Å². The lowest BCUT2D eigenvalue weighted by molar-refractivity contribution is 1.07. The minimum atomic E-state index is 0.573. The summed E-state index contributed by atoms with van der Waals surface area (Å²) < 4.78 is 0. The Morgan fingerprint density at radius 3 is 1.22 bits per heavy atom. The predicted molar refractivity (Wildman–Crippen MR) is 199 cm³/mol. The van der Waals surface area contributed by atoms with Crippen LogP contribution in [0.3, 0.4) is 0 Å². The third-order valence-electron chi connectivity index (χ3n) is 8.74. The third-order valence-corrected chi connectivity index (χ3v) is 8.74. The minimum Gasteiger partial charge on any atom is -0.208 e. The van der Waals surface area contributed by atoms with Crippen LogP contribution in [-0.2, 0) is 0 Å². The highest BCUT2D eigenvalue weighted by molar-refractivity contribution is 5.91. The van der Waals surface area contributed by atoms with E-state index in [-0.39, 0.29) is 0 Å². The van der Waals surface area contributed by atoms with Gasteiger partial charge in [0.25, 0.3) is 0 Å². The van der Waals surface area contributed by atoms with E-state index in [1.165, 1.54) is 0 Å². The van der Waals surface area contributed by atoms with Crippen molar-refractivity contribution in [2.24, 2.45) is 0 Å². The first-order chi connectivity index (χ1) is 24.6. The van der Waals surface area contributed by atoms with Gasteiger partial charge in [-0.2, -0.15) is 10.5 Å². The summed E-state index contributed by atoms with van der Waals surface area (Å²) in [6.45, 7) is 0. The van der Waals surface area contributed by atoms with Crippen LogP contribution in [-0.4, -0.2) is 15.0 Å². The first-order valence-corrected chi connectivity index (χ1v) is 16.2. The smallest absolute Gasteiger partial charge is 0.164 e. The molecule has 0 N–H and O–H groups in total. The standard InChI is InChI=1S/C45H27N5/c46-28-30-8-7-13-36(22-30)41-23-31(29-47)24-42(27-41)40-21-20-38-25-37(18-19-39(38)26-40)32-14-16-35(17-15-32)45-49-43(33-9-3-1-4-10-33)48-44(50-45)34-11-5-2-6-12-34/h1-27H. The molecule has 5 nitrogen and oxygen atoms in total. The highest BCUT2D eigenvalue weighted by atomic mass is 15.0. The Hall–Kier alpha value is -7.21. The SMILES string of the molecule is N#Cc1cccc(-c2cc(C#N)cc(-c3ccc4cc(-c5ccc(-c6nc(-c7ccccc7)nc(-c7ccccc7)n6)cc5)ccc4c3)c2)c1. The monoisotopic (exact) mass is 637 g/mol. The summed E-state index contributed by atoms with van der Waals surface area (Å²) in [7, 11) is 0. The second-order valence-electron chi connectivity index (χ2n) is 12.0. The normalized spacial score (nSPS) is 10.8. The van der Waals surface area contributed by atoms with E-state index in [9.17, 15) is 10.5 Å². The second-order valence-corrected chi connectivity index (χ2v) is 12.0. The Labute approximate surface area is 290 Å². The Bertz CT molecular complexity index is 2540. The van der Waals surface area contributed by atoms with Gasteiger partial charge in [-0.3, -0.25) is 0 Å². The highest BCUT2D eigenvalue weighted by Gasteiger charge is 2.13. The van der Waals surface area contributed by atoms with Gasteiger partial charge in [-0.05, 0) is 86.6 Å². The lowest BCUT2D eigenvalue weighted by Crippen LogP contribution is -2.00. The second kappa shape index (κ2) is 13.1. The molecule has 0 unspecified atom stereocenters. The number of benzene rings is 7. The molecule has 0 radical (unpaired) electrons. The minimum absolute atomic E-state index is 0.573. The van der Waals surface area contributed by atoms with Crippen LogP contribution >= 0.6 is 0 Å². The average molecular weight is 638 g/mol. The first kappa shape index (κ1) is 30.1. The van der Waals surface area contributed by atoms with Gasteiger partial charge in [0.2, 0.25) is 0 Å². The maximum Gasteiger partial charge on any atom is 0.164 e. The molecule has 8 aromatic rings. The topological polar surface area (TPSA) is 86.2 Å². The van der Waals surface area contributed by atoms with Gasteiger partial charge in [0.1, 0.15) is 0 Å². The van der Waals surface area contributed by atoms with Crippen LogP contribution in [0.15, 0.2) is 164 Å². The summed E-state index contributed by atoms with van der Waals surface area (Å²) in [5.41, 5.74) is 9.92. The molecule has 1 aromatic heterocycles. The summed E-state index contributed by atoms with van der Waals surface area (Å²) in [6, 6.07) is 58.9. The maximum atomic E-state index is 9.78. The fourth-order valence-electron chi connectivity index (χ4n) is 6.15. The molecule has 7 aromatic carbocycles.